The Morgan fingerprint density at radius 3 is 1.90 bits per heavy atom. The average molecular weight is 534 g/mol. The summed E-state index contributed by atoms with van der Waals surface area (Å²) in [5.41, 5.74) is 0. The molecule has 0 aromatic heterocycles. The Kier molecular flexibility index (Phi) is 21.7. The zero-order chi connectivity index (χ0) is 22.0. The maximum Gasteiger partial charge on any atom is 0.166 e. The molecule has 0 spiro atoms. The first-order valence-electron chi connectivity index (χ1n) is 12.4. The van der Waals surface area contributed by atoms with Gasteiger partial charge in [0.15, 0.2) is 5.11 Å². The molecule has 0 heterocycles. The molecule has 1 rings (SSSR count). The maximum absolute atomic E-state index is 10.4. The minimum absolute atomic E-state index is 0. The minimum Gasteiger partial charge on any atom is -0.390 e. The van der Waals surface area contributed by atoms with Crippen molar-refractivity contribution in [3.8, 4) is 0 Å². The zero-order valence-electron chi connectivity index (χ0n) is 20.4. The summed E-state index contributed by atoms with van der Waals surface area (Å²) in [5, 5.41) is 17.7. The van der Waals surface area contributed by atoms with Crippen LogP contribution in [0.25, 0.3) is 0 Å². The van der Waals surface area contributed by atoms with Gasteiger partial charge >= 0.3 is 0 Å². The van der Waals surface area contributed by atoms with Crippen LogP contribution in [-0.4, -0.2) is 55.8 Å². The minimum atomic E-state index is -0.517. The van der Waals surface area contributed by atoms with E-state index in [1.165, 1.54) is 77.0 Å². The van der Waals surface area contributed by atoms with Gasteiger partial charge < -0.3 is 25.2 Å². The standard InChI is InChI=1S/C24H48N2O3S.Y/c1-4-5-6-7-8-9-10-11-12-13-14-15-16-17-25-24(30)26-21-18-20(19-28-2)22(27)23(21)29-3;/h20-23,27H,4-19H2,1-3H3,(H2,25,26,30);/t20-,21-,22+,23?;/m1./s1. The zero-order valence-corrected chi connectivity index (χ0v) is 24.0. The first-order valence-corrected chi connectivity index (χ1v) is 12.8. The Bertz CT molecular complexity index is 432. The second kappa shape index (κ2) is 21.2. The van der Waals surface area contributed by atoms with Gasteiger partial charge in [-0.15, -0.1) is 0 Å². The van der Waals surface area contributed by atoms with E-state index >= 15 is 0 Å². The van der Waals surface area contributed by atoms with Crippen molar-refractivity contribution < 1.29 is 47.3 Å². The van der Waals surface area contributed by atoms with E-state index in [1.54, 1.807) is 14.2 Å². The predicted octanol–water partition coefficient (Wildman–Crippen LogP) is 4.95. The average Bonchev–Trinajstić information content (AvgIpc) is 3.02. The number of hydrogen-bond acceptors (Lipinski definition) is 4. The summed E-state index contributed by atoms with van der Waals surface area (Å²) in [6, 6.07) is 0.0248. The molecule has 31 heavy (non-hydrogen) atoms. The number of methoxy groups -OCH3 is 2. The molecule has 1 fully saturated rings. The fraction of sp³-hybridized carbons (Fsp3) is 0.958. The topological polar surface area (TPSA) is 62.8 Å². The van der Waals surface area contributed by atoms with Gasteiger partial charge in [0.2, 0.25) is 0 Å². The molecular formula is C24H48N2O3SY. The number of rotatable bonds is 18. The van der Waals surface area contributed by atoms with Crippen LogP contribution in [0.2, 0.25) is 0 Å². The van der Waals surface area contributed by atoms with Crippen LogP contribution in [0, 0.1) is 5.92 Å². The summed E-state index contributed by atoms with van der Waals surface area (Å²) in [6.45, 7) is 3.72. The molecule has 0 aromatic carbocycles. The Labute approximate surface area is 222 Å². The fourth-order valence-electron chi connectivity index (χ4n) is 4.50. The monoisotopic (exact) mass is 533 g/mol. The number of thiocarbonyl (C=S) groups is 1. The van der Waals surface area contributed by atoms with Gasteiger partial charge in [0.1, 0.15) is 6.10 Å². The summed E-state index contributed by atoms with van der Waals surface area (Å²) < 4.78 is 10.7. The Morgan fingerprint density at radius 2 is 1.42 bits per heavy atom. The SMILES string of the molecule is CCCCCCCCCCCCCCCNC(=S)N[C@@H]1C[C@H](COC)[C@H](O)C1OC.[Y]. The maximum atomic E-state index is 10.4. The molecule has 1 aliphatic carbocycles. The molecule has 0 bridgehead atoms. The summed E-state index contributed by atoms with van der Waals surface area (Å²) >= 11 is 5.44. The van der Waals surface area contributed by atoms with Gasteiger partial charge in [-0.1, -0.05) is 84.0 Å². The largest absolute Gasteiger partial charge is 0.390 e. The van der Waals surface area contributed by atoms with Crippen LogP contribution in [0.3, 0.4) is 0 Å². The summed E-state index contributed by atoms with van der Waals surface area (Å²) in [6.07, 6.45) is 17.8. The second-order valence-corrected chi connectivity index (χ2v) is 9.30. The van der Waals surface area contributed by atoms with Crippen molar-refractivity contribution in [2.75, 3.05) is 27.4 Å². The van der Waals surface area contributed by atoms with Crippen molar-refractivity contribution in [3.05, 3.63) is 0 Å². The number of aliphatic hydroxyl groups excluding tert-OH is 1. The van der Waals surface area contributed by atoms with Crippen LogP contribution in [0.15, 0.2) is 0 Å². The van der Waals surface area contributed by atoms with Gasteiger partial charge in [-0.25, -0.2) is 0 Å². The molecule has 0 aromatic rings. The fourth-order valence-corrected chi connectivity index (χ4v) is 4.75. The molecule has 0 saturated heterocycles. The third-order valence-corrected chi connectivity index (χ3v) is 6.57. The second-order valence-electron chi connectivity index (χ2n) is 8.89. The van der Waals surface area contributed by atoms with Crippen molar-refractivity contribution in [3.63, 3.8) is 0 Å². The van der Waals surface area contributed by atoms with Gasteiger partial charge in [-0.3, -0.25) is 0 Å². The number of ether oxygens (including phenoxy) is 2. The number of nitrogens with one attached hydrogen (secondary N) is 2. The molecule has 181 valence electrons. The van der Waals surface area contributed by atoms with Crippen LogP contribution >= 0.6 is 12.2 Å². The van der Waals surface area contributed by atoms with E-state index in [1.807, 2.05) is 0 Å². The van der Waals surface area contributed by atoms with Crippen molar-refractivity contribution >= 4 is 17.3 Å². The van der Waals surface area contributed by atoms with Gasteiger partial charge in [-0.2, -0.15) is 0 Å². The van der Waals surface area contributed by atoms with Crippen molar-refractivity contribution in [2.24, 2.45) is 5.92 Å². The van der Waals surface area contributed by atoms with Crippen molar-refractivity contribution in [1.29, 1.82) is 0 Å². The third-order valence-electron chi connectivity index (χ3n) is 6.31. The molecular weight excluding hydrogens is 485 g/mol. The first-order chi connectivity index (χ1) is 14.6. The first kappa shape index (κ1) is 31.7. The van der Waals surface area contributed by atoms with Gasteiger partial charge in [0.05, 0.1) is 18.8 Å². The number of unbranched alkanes of at least 4 members (excludes halogenated alkanes) is 12. The Morgan fingerprint density at radius 1 is 0.903 bits per heavy atom. The van der Waals surface area contributed by atoms with E-state index < -0.39 is 6.10 Å². The summed E-state index contributed by atoms with van der Waals surface area (Å²) in [5.74, 6) is 0.0845. The molecule has 1 unspecified atom stereocenters. The molecule has 0 aliphatic heterocycles. The smallest absolute Gasteiger partial charge is 0.166 e. The van der Waals surface area contributed by atoms with E-state index in [-0.39, 0.29) is 50.8 Å². The molecule has 3 N–H and O–H groups in total. The molecule has 7 heteroatoms. The molecule has 1 aliphatic rings. The Hall–Kier alpha value is 0.674. The normalized spacial score (nSPS) is 22.8. The molecule has 1 saturated carbocycles. The Balaban J connectivity index is 0.00000900. The van der Waals surface area contributed by atoms with Gasteiger partial charge in [0.25, 0.3) is 0 Å². The van der Waals surface area contributed by atoms with Gasteiger partial charge in [-0.05, 0) is 25.1 Å². The third kappa shape index (κ3) is 14.5. The molecule has 4 atom stereocenters. The van der Waals surface area contributed by atoms with E-state index in [4.69, 9.17) is 21.7 Å². The van der Waals surface area contributed by atoms with E-state index in [0.29, 0.717) is 11.7 Å². The van der Waals surface area contributed by atoms with Crippen LogP contribution in [0.1, 0.15) is 96.8 Å². The molecule has 1 radical (unpaired) electrons. The predicted molar refractivity (Wildman–Crippen MR) is 130 cm³/mol. The van der Waals surface area contributed by atoms with E-state index in [0.717, 1.165) is 19.4 Å². The van der Waals surface area contributed by atoms with Gasteiger partial charge in [0, 0.05) is 59.4 Å². The van der Waals surface area contributed by atoms with E-state index in [9.17, 15) is 5.11 Å². The van der Waals surface area contributed by atoms with Crippen molar-refractivity contribution in [2.45, 2.75) is 115 Å². The van der Waals surface area contributed by atoms with Crippen LogP contribution in [0.5, 0.6) is 0 Å². The van der Waals surface area contributed by atoms with Crippen LogP contribution in [0.4, 0.5) is 0 Å². The summed E-state index contributed by atoms with van der Waals surface area (Å²) in [4.78, 5) is 0. The molecule has 0 amide bonds. The van der Waals surface area contributed by atoms with Crippen LogP contribution in [-0.2, 0) is 42.2 Å². The van der Waals surface area contributed by atoms with Crippen LogP contribution < -0.4 is 10.6 Å². The number of hydrogen-bond donors (Lipinski definition) is 3. The summed E-state index contributed by atoms with van der Waals surface area (Å²) in [7, 11) is 3.30. The van der Waals surface area contributed by atoms with E-state index in [2.05, 4.69) is 17.6 Å². The molecule has 5 nitrogen and oxygen atoms in total. The van der Waals surface area contributed by atoms with Crippen molar-refractivity contribution in [1.82, 2.24) is 10.6 Å². The number of aliphatic hydroxyl groups is 1. The quantitative estimate of drug-likeness (QED) is 0.171.